The van der Waals surface area contributed by atoms with Crippen LogP contribution in [0.1, 0.15) is 106 Å². The van der Waals surface area contributed by atoms with Gasteiger partial charge in [0.05, 0.1) is 6.61 Å². The molecule has 0 amide bonds. The third kappa shape index (κ3) is 5.86. The van der Waals surface area contributed by atoms with Gasteiger partial charge in [0, 0.05) is 6.08 Å². The van der Waals surface area contributed by atoms with Crippen molar-refractivity contribution in [2.45, 2.75) is 106 Å². The van der Waals surface area contributed by atoms with Gasteiger partial charge in [-0.05, 0) is 103 Å². The Balaban J connectivity index is 2.17. The summed E-state index contributed by atoms with van der Waals surface area (Å²) in [6, 6.07) is 0. The Hall–Kier alpha value is -1.31. The summed E-state index contributed by atoms with van der Waals surface area (Å²) in [5.74, 6) is 0.579. The number of esters is 1. The van der Waals surface area contributed by atoms with Gasteiger partial charge in [-0.25, -0.2) is 4.79 Å². The molecule has 29 heavy (non-hydrogen) atoms. The first kappa shape index (κ1) is 24.0. The van der Waals surface area contributed by atoms with E-state index in [1.807, 2.05) is 6.92 Å². The largest absolute Gasteiger partial charge is 0.463 e. The summed E-state index contributed by atoms with van der Waals surface area (Å²) in [7, 11) is 0. The number of rotatable bonds is 8. The molecule has 2 rings (SSSR count). The molecule has 2 aliphatic rings. The molecule has 0 heterocycles. The molecule has 1 fully saturated rings. The van der Waals surface area contributed by atoms with Crippen LogP contribution in [0.3, 0.4) is 0 Å². The molecule has 0 radical (unpaired) electrons. The molecule has 0 N–H and O–H groups in total. The van der Waals surface area contributed by atoms with Gasteiger partial charge in [0.15, 0.2) is 0 Å². The smallest absolute Gasteiger partial charge is 0.330 e. The highest BCUT2D eigenvalue weighted by Crippen LogP contribution is 2.61. The zero-order chi connectivity index (χ0) is 21.7. The first-order chi connectivity index (χ1) is 13.6. The van der Waals surface area contributed by atoms with E-state index in [0.717, 1.165) is 24.3 Å². The Labute approximate surface area is 179 Å². The van der Waals surface area contributed by atoms with Gasteiger partial charge in [-0.3, -0.25) is 0 Å². The van der Waals surface area contributed by atoms with Crippen molar-refractivity contribution in [3.8, 4) is 0 Å². The molecule has 164 valence electrons. The lowest BCUT2D eigenvalue weighted by Crippen LogP contribution is -2.46. The van der Waals surface area contributed by atoms with E-state index >= 15 is 0 Å². The lowest BCUT2D eigenvalue weighted by molar-refractivity contribution is -0.137. The fourth-order valence-electron chi connectivity index (χ4n) is 6.27. The lowest BCUT2D eigenvalue weighted by atomic mass is 9.48. The fourth-order valence-corrected chi connectivity index (χ4v) is 6.27. The van der Waals surface area contributed by atoms with Gasteiger partial charge in [0.25, 0.3) is 0 Å². The molecule has 0 aromatic heterocycles. The second-order valence-corrected chi connectivity index (χ2v) is 10.3. The van der Waals surface area contributed by atoms with Gasteiger partial charge in [0.1, 0.15) is 0 Å². The van der Waals surface area contributed by atoms with Crippen molar-refractivity contribution < 1.29 is 9.53 Å². The first-order valence-electron chi connectivity index (χ1n) is 11.8. The standard InChI is InChI=1S/C27H44O2/c1-8-29-25(28)19-21(4)12-14-23-22(5)13-15-24-26(6,16-9-11-20(2)3)17-10-18-27(23,24)7/h11,19,24H,8-10,12-18H2,1-7H3/b21-19+/t24-,26+,27+/m0/s1. The first-order valence-corrected chi connectivity index (χ1v) is 11.8. The van der Waals surface area contributed by atoms with E-state index in [4.69, 9.17) is 4.74 Å². The van der Waals surface area contributed by atoms with Gasteiger partial charge in [-0.1, -0.05) is 48.6 Å². The van der Waals surface area contributed by atoms with Crippen LogP contribution < -0.4 is 0 Å². The molecule has 0 spiro atoms. The molecule has 0 aromatic rings. The summed E-state index contributed by atoms with van der Waals surface area (Å²) >= 11 is 0. The van der Waals surface area contributed by atoms with Crippen LogP contribution in [0.15, 0.2) is 34.4 Å². The summed E-state index contributed by atoms with van der Waals surface area (Å²) in [6.45, 7) is 16.3. The molecule has 2 nitrogen and oxygen atoms in total. The summed E-state index contributed by atoms with van der Waals surface area (Å²) < 4.78 is 5.08. The molecule has 2 heteroatoms. The number of allylic oxidation sites excluding steroid dienone is 5. The van der Waals surface area contributed by atoms with E-state index in [1.54, 1.807) is 17.2 Å². The van der Waals surface area contributed by atoms with Crippen LogP contribution >= 0.6 is 0 Å². The summed E-state index contributed by atoms with van der Waals surface area (Å²) in [5, 5.41) is 0. The van der Waals surface area contributed by atoms with Crippen LogP contribution in [0.5, 0.6) is 0 Å². The fraction of sp³-hybridized carbons (Fsp3) is 0.741. The van der Waals surface area contributed by atoms with Crippen molar-refractivity contribution in [2.75, 3.05) is 6.61 Å². The number of ether oxygens (including phenoxy) is 1. The van der Waals surface area contributed by atoms with Gasteiger partial charge >= 0.3 is 5.97 Å². The maximum atomic E-state index is 11.8. The Morgan fingerprint density at radius 1 is 1.21 bits per heavy atom. The van der Waals surface area contributed by atoms with Crippen molar-refractivity contribution >= 4 is 5.97 Å². The topological polar surface area (TPSA) is 26.3 Å². The number of carbonyl (C=O) groups excluding carboxylic acids is 1. The van der Waals surface area contributed by atoms with Crippen LogP contribution in [-0.4, -0.2) is 12.6 Å². The molecular weight excluding hydrogens is 356 g/mol. The van der Waals surface area contributed by atoms with Gasteiger partial charge < -0.3 is 4.74 Å². The summed E-state index contributed by atoms with van der Waals surface area (Å²) in [6.07, 6.45) is 15.3. The van der Waals surface area contributed by atoms with Gasteiger partial charge in [0.2, 0.25) is 0 Å². The van der Waals surface area contributed by atoms with Crippen molar-refractivity contribution in [1.29, 1.82) is 0 Å². The molecule has 2 aliphatic carbocycles. The van der Waals surface area contributed by atoms with E-state index in [1.165, 1.54) is 50.5 Å². The normalized spacial score (nSPS) is 30.0. The van der Waals surface area contributed by atoms with Crippen molar-refractivity contribution in [2.24, 2.45) is 16.7 Å². The zero-order valence-corrected chi connectivity index (χ0v) is 20.1. The maximum absolute atomic E-state index is 11.8. The Kier molecular flexibility index (Phi) is 8.37. The predicted molar refractivity (Wildman–Crippen MR) is 124 cm³/mol. The highest BCUT2D eigenvalue weighted by molar-refractivity contribution is 5.82. The second-order valence-electron chi connectivity index (χ2n) is 10.3. The third-order valence-electron chi connectivity index (χ3n) is 7.76. The van der Waals surface area contributed by atoms with Crippen LogP contribution in [-0.2, 0) is 9.53 Å². The van der Waals surface area contributed by atoms with Crippen LogP contribution in [0, 0.1) is 16.7 Å². The second kappa shape index (κ2) is 10.1. The predicted octanol–water partition coefficient (Wildman–Crippen LogP) is 7.95. The molecule has 1 saturated carbocycles. The van der Waals surface area contributed by atoms with Crippen molar-refractivity contribution in [3.05, 3.63) is 34.4 Å². The highest BCUT2D eigenvalue weighted by atomic mass is 16.5. The van der Waals surface area contributed by atoms with Crippen molar-refractivity contribution in [3.63, 3.8) is 0 Å². The van der Waals surface area contributed by atoms with Crippen molar-refractivity contribution in [1.82, 2.24) is 0 Å². The summed E-state index contributed by atoms with van der Waals surface area (Å²) in [5.41, 5.74) is 6.65. The van der Waals surface area contributed by atoms with Crippen LogP contribution in [0.4, 0.5) is 0 Å². The van der Waals surface area contributed by atoms with Crippen LogP contribution in [0.2, 0.25) is 0 Å². The van der Waals surface area contributed by atoms with Gasteiger partial charge in [-0.15, -0.1) is 0 Å². The lowest BCUT2D eigenvalue weighted by Gasteiger charge is -2.56. The van der Waals surface area contributed by atoms with E-state index in [-0.39, 0.29) is 5.97 Å². The molecule has 0 saturated heterocycles. The number of hydrogen-bond acceptors (Lipinski definition) is 2. The zero-order valence-electron chi connectivity index (χ0n) is 20.1. The minimum Gasteiger partial charge on any atom is -0.463 e. The Bertz CT molecular complexity index is 677. The minimum absolute atomic E-state index is 0.201. The van der Waals surface area contributed by atoms with E-state index in [9.17, 15) is 4.79 Å². The Morgan fingerprint density at radius 3 is 2.59 bits per heavy atom. The molecule has 3 atom stereocenters. The molecular formula is C27H44O2. The monoisotopic (exact) mass is 400 g/mol. The minimum atomic E-state index is -0.201. The molecule has 0 aromatic carbocycles. The Morgan fingerprint density at radius 2 is 1.93 bits per heavy atom. The number of hydrogen-bond donors (Lipinski definition) is 0. The van der Waals surface area contributed by atoms with E-state index in [0.29, 0.717) is 17.4 Å². The molecule has 0 bridgehead atoms. The molecule has 0 unspecified atom stereocenters. The average molecular weight is 401 g/mol. The molecule has 0 aliphatic heterocycles. The maximum Gasteiger partial charge on any atom is 0.330 e. The van der Waals surface area contributed by atoms with E-state index < -0.39 is 0 Å². The van der Waals surface area contributed by atoms with Gasteiger partial charge in [-0.2, -0.15) is 0 Å². The SMILES string of the molecule is CCOC(=O)/C=C(\C)CCC1=C(C)CC[C@H]2[C@](C)(CCC=C(C)C)CCC[C@]12C. The number of fused-ring (bicyclic) bond motifs is 1. The van der Waals surface area contributed by atoms with E-state index in [2.05, 4.69) is 47.6 Å². The quantitative estimate of drug-likeness (QED) is 0.235. The average Bonchev–Trinajstić information content (AvgIpc) is 2.60. The highest BCUT2D eigenvalue weighted by Gasteiger charge is 2.51. The summed E-state index contributed by atoms with van der Waals surface area (Å²) in [4.78, 5) is 11.8. The number of carbonyl (C=O) groups is 1. The third-order valence-corrected chi connectivity index (χ3v) is 7.76. The van der Waals surface area contributed by atoms with Crippen LogP contribution in [0.25, 0.3) is 0 Å².